The van der Waals surface area contributed by atoms with E-state index in [0.29, 0.717) is 25.7 Å². The van der Waals surface area contributed by atoms with Crippen molar-refractivity contribution >= 4 is 99.7 Å². The number of aliphatic carboxylic acids is 2. The molecule has 2 amide bonds. The van der Waals surface area contributed by atoms with Gasteiger partial charge in [0.05, 0.1) is 11.4 Å². The summed E-state index contributed by atoms with van der Waals surface area (Å²) in [5, 5.41) is 60.2. The largest absolute Gasteiger partial charge is 0.505 e. The number of carboxylic acid groups (broad SMARTS) is 2. The van der Waals surface area contributed by atoms with Gasteiger partial charge in [-0.25, -0.2) is 0 Å². The van der Waals surface area contributed by atoms with Gasteiger partial charge in [-0.15, -0.1) is 10.2 Å². The van der Waals surface area contributed by atoms with Gasteiger partial charge in [-0.2, -0.15) is 27.1 Å². The van der Waals surface area contributed by atoms with E-state index >= 15 is 0 Å². The molecule has 8 N–H and O–H groups in total. The highest BCUT2D eigenvalue weighted by atomic mass is 32.2. The van der Waals surface area contributed by atoms with E-state index in [-0.39, 0.29) is 57.1 Å². The summed E-state index contributed by atoms with van der Waals surface area (Å²) in [7, 11) is -10.0. The number of hydrogen-bond acceptors (Lipinski definition) is 14. The van der Waals surface area contributed by atoms with E-state index < -0.39 is 76.7 Å². The average molecular weight is 913 g/mol. The van der Waals surface area contributed by atoms with E-state index in [1.54, 1.807) is 48.5 Å². The van der Waals surface area contributed by atoms with E-state index in [9.17, 15) is 55.3 Å². The Labute approximate surface area is 363 Å². The van der Waals surface area contributed by atoms with Crippen molar-refractivity contribution in [2.45, 2.75) is 48.3 Å². The number of hydrogen-bond donors (Lipinski definition) is 8. The standard InChI is InChI=1S/C42H36N6O14S2/c49-35(50)5-1-3-23-7-11-27(12-8-23)45-47-37-33(63(57,58)59)21-25-19-29(15-17-31(25)39(37)53)43-41(55)42(56)44-30-16-18-32-26(20-30)22-34(64(60,61)62)38(40(32)54)48-46-28-13-9-24(10-14-28)4-2-6-36(51)52/h7-22,53-54H,1-6H2,(H,43,55)(H,44,56)(H,49,50)(H,51,52)(H,57,58,59)(H,60,61,62). The number of carbonyl (C=O) groups is 4. The molecule has 6 rings (SSSR count). The van der Waals surface area contributed by atoms with Gasteiger partial charge in [0.1, 0.15) is 21.2 Å². The van der Waals surface area contributed by atoms with E-state index in [1.807, 2.05) is 0 Å². The van der Waals surface area contributed by atoms with Crippen molar-refractivity contribution in [1.82, 2.24) is 0 Å². The summed E-state index contributed by atoms with van der Waals surface area (Å²) < 4.78 is 69.6. The number of amides is 2. The highest BCUT2D eigenvalue weighted by Crippen LogP contribution is 2.43. The molecule has 6 aromatic rings. The van der Waals surface area contributed by atoms with Gasteiger partial charge in [-0.1, -0.05) is 24.3 Å². The Morgan fingerprint density at radius 1 is 0.500 bits per heavy atom. The number of anilines is 2. The first-order chi connectivity index (χ1) is 30.3. The first kappa shape index (κ1) is 45.9. The van der Waals surface area contributed by atoms with Crippen molar-refractivity contribution in [3.63, 3.8) is 0 Å². The minimum atomic E-state index is -5.01. The van der Waals surface area contributed by atoms with Crippen molar-refractivity contribution in [2.75, 3.05) is 10.6 Å². The van der Waals surface area contributed by atoms with E-state index in [1.165, 1.54) is 36.4 Å². The molecule has 0 fully saturated rings. The zero-order valence-electron chi connectivity index (χ0n) is 33.0. The van der Waals surface area contributed by atoms with E-state index in [2.05, 4.69) is 31.1 Å². The van der Waals surface area contributed by atoms with Gasteiger partial charge < -0.3 is 31.1 Å². The molecule has 0 aliphatic rings. The first-order valence-corrected chi connectivity index (χ1v) is 21.8. The van der Waals surface area contributed by atoms with Crippen molar-refractivity contribution in [3.8, 4) is 11.5 Å². The normalized spacial score (nSPS) is 12.0. The van der Waals surface area contributed by atoms with Gasteiger partial charge in [0.25, 0.3) is 20.2 Å². The second-order valence-electron chi connectivity index (χ2n) is 14.1. The number of phenols is 2. The molecular weight excluding hydrogens is 877 g/mol. The van der Waals surface area contributed by atoms with Gasteiger partial charge in [-0.05, 0) is 120 Å². The lowest BCUT2D eigenvalue weighted by Crippen LogP contribution is -2.29. The molecule has 20 nitrogen and oxygen atoms in total. The van der Waals surface area contributed by atoms with Crippen LogP contribution in [0.1, 0.15) is 36.8 Å². The first-order valence-electron chi connectivity index (χ1n) is 18.9. The molecule has 0 aliphatic carbocycles. The van der Waals surface area contributed by atoms with Crippen molar-refractivity contribution in [3.05, 3.63) is 108 Å². The number of nitrogens with one attached hydrogen (secondary N) is 2. The molecule has 330 valence electrons. The third-order valence-corrected chi connectivity index (χ3v) is 11.2. The second kappa shape index (κ2) is 19.2. The Hall–Kier alpha value is -7.66. The third-order valence-electron chi connectivity index (χ3n) is 9.50. The molecule has 64 heavy (non-hydrogen) atoms. The Kier molecular flexibility index (Phi) is 13.7. The Bertz CT molecular complexity index is 2910. The van der Waals surface area contributed by atoms with Crippen molar-refractivity contribution in [1.29, 1.82) is 0 Å². The molecule has 0 aliphatic heterocycles. The number of fused-ring (bicyclic) bond motifs is 2. The van der Waals surface area contributed by atoms with Gasteiger partial charge >= 0.3 is 23.8 Å². The van der Waals surface area contributed by atoms with Crippen LogP contribution in [0.15, 0.2) is 127 Å². The molecule has 6 aromatic carbocycles. The fourth-order valence-corrected chi connectivity index (χ4v) is 7.70. The molecule has 0 radical (unpaired) electrons. The number of aryl methyl sites for hydroxylation is 2. The molecule has 0 saturated heterocycles. The summed E-state index contributed by atoms with van der Waals surface area (Å²) in [6.07, 6.45) is 1.81. The molecule has 0 unspecified atom stereocenters. The Balaban J connectivity index is 1.18. The van der Waals surface area contributed by atoms with Crippen molar-refractivity contribution in [2.24, 2.45) is 20.5 Å². The van der Waals surface area contributed by atoms with Crippen LogP contribution in [0.4, 0.5) is 34.1 Å². The average Bonchev–Trinajstić information content (AvgIpc) is 3.22. The number of aromatic hydroxyl groups is 2. The number of rotatable bonds is 16. The van der Waals surface area contributed by atoms with Crippen LogP contribution < -0.4 is 10.6 Å². The predicted octanol–water partition coefficient (Wildman–Crippen LogP) is 8.12. The van der Waals surface area contributed by atoms with Gasteiger partial charge in [0.2, 0.25) is 0 Å². The zero-order valence-corrected chi connectivity index (χ0v) is 34.7. The minimum absolute atomic E-state index is 0.00116. The van der Waals surface area contributed by atoms with Crippen LogP contribution in [-0.2, 0) is 52.3 Å². The fourth-order valence-electron chi connectivity index (χ4n) is 6.38. The predicted molar refractivity (Wildman–Crippen MR) is 230 cm³/mol. The van der Waals surface area contributed by atoms with E-state index in [0.717, 1.165) is 23.3 Å². The fraction of sp³-hybridized carbons (Fsp3) is 0.143. The smallest absolute Gasteiger partial charge is 0.314 e. The molecule has 0 spiro atoms. The Morgan fingerprint density at radius 3 is 1.19 bits per heavy atom. The van der Waals surface area contributed by atoms with Crippen LogP contribution in [0.5, 0.6) is 11.5 Å². The van der Waals surface area contributed by atoms with Gasteiger partial charge in [0, 0.05) is 35.0 Å². The Morgan fingerprint density at radius 2 is 0.859 bits per heavy atom. The van der Waals surface area contributed by atoms with Gasteiger partial charge in [-0.3, -0.25) is 28.3 Å². The second-order valence-corrected chi connectivity index (χ2v) is 16.9. The maximum absolute atomic E-state index is 13.0. The highest BCUT2D eigenvalue weighted by molar-refractivity contribution is 7.86. The van der Waals surface area contributed by atoms with Crippen molar-refractivity contribution < 1.29 is 65.5 Å². The molecule has 22 heteroatoms. The van der Waals surface area contributed by atoms with Crippen LogP contribution in [0.3, 0.4) is 0 Å². The summed E-state index contributed by atoms with van der Waals surface area (Å²) >= 11 is 0. The summed E-state index contributed by atoms with van der Waals surface area (Å²) in [6, 6.07) is 22.4. The molecule has 0 atom stereocenters. The minimum Gasteiger partial charge on any atom is -0.505 e. The van der Waals surface area contributed by atoms with Crippen LogP contribution in [0.25, 0.3) is 21.5 Å². The SMILES string of the molecule is O=C(O)CCCc1ccc(N=Nc2c(S(=O)(=O)O)cc3cc(NC(=O)C(=O)Nc4ccc5c(O)c(N=Nc6ccc(CCCC(=O)O)cc6)c(S(=O)(=O)O)cc5c4)ccc3c2O)cc1. The van der Waals surface area contributed by atoms with E-state index in [4.69, 9.17) is 10.2 Å². The maximum atomic E-state index is 13.0. The zero-order chi connectivity index (χ0) is 46.3. The maximum Gasteiger partial charge on any atom is 0.314 e. The van der Waals surface area contributed by atoms with Crippen LogP contribution in [0, 0.1) is 0 Å². The number of benzene rings is 6. The van der Waals surface area contributed by atoms with Crippen LogP contribution in [-0.4, -0.2) is 70.1 Å². The summed E-state index contributed by atoms with van der Waals surface area (Å²) in [4.78, 5) is 45.9. The lowest BCUT2D eigenvalue weighted by atomic mass is 10.1. The highest BCUT2D eigenvalue weighted by Gasteiger charge is 2.25. The summed E-state index contributed by atoms with van der Waals surface area (Å²) in [5.74, 6) is -5.63. The lowest BCUT2D eigenvalue weighted by Gasteiger charge is -2.12. The lowest BCUT2D eigenvalue weighted by molar-refractivity contribution is -0.138. The molecular formula is C42H36N6O14S2. The number of azo groups is 2. The molecule has 0 saturated carbocycles. The quantitative estimate of drug-likeness (QED) is 0.0258. The van der Waals surface area contributed by atoms with Crippen LogP contribution >= 0.6 is 0 Å². The number of nitrogens with zero attached hydrogens (tertiary/aromatic N) is 4. The van der Waals surface area contributed by atoms with Crippen LogP contribution in [0.2, 0.25) is 0 Å². The monoisotopic (exact) mass is 912 g/mol. The molecule has 0 bridgehead atoms. The topological polar surface area (TPSA) is 331 Å². The molecule has 0 aromatic heterocycles. The number of carbonyl (C=O) groups excluding carboxylic acids is 2. The molecule has 0 heterocycles. The summed E-state index contributed by atoms with van der Waals surface area (Å²) in [6.45, 7) is 0. The van der Waals surface area contributed by atoms with Gasteiger partial charge in [0.15, 0.2) is 11.5 Å². The number of phenolic OH excluding ortho intramolecular Hbond substituents is 2. The third kappa shape index (κ3) is 11.4. The summed E-state index contributed by atoms with van der Waals surface area (Å²) in [5.41, 5.74) is 0.905. The number of carboxylic acids is 2.